The monoisotopic (exact) mass is 250 g/mol. The van der Waals surface area contributed by atoms with E-state index in [-0.39, 0.29) is 0 Å². The van der Waals surface area contributed by atoms with Crippen LogP contribution in [0.2, 0.25) is 0 Å². The second kappa shape index (κ2) is 5.52. The number of hydrogen-bond donors (Lipinski definition) is 1. The molecule has 1 fully saturated rings. The lowest BCUT2D eigenvalue weighted by atomic mass is 10.2. The van der Waals surface area contributed by atoms with Crippen molar-refractivity contribution in [2.24, 2.45) is 0 Å². The van der Waals surface area contributed by atoms with Crippen LogP contribution in [0, 0.1) is 6.92 Å². The van der Waals surface area contributed by atoms with E-state index in [1.165, 1.54) is 12.8 Å². The van der Waals surface area contributed by atoms with Crippen LogP contribution in [0.15, 0.2) is 0 Å². The summed E-state index contributed by atoms with van der Waals surface area (Å²) in [6.45, 7) is 6.51. The number of likely N-dealkylation sites (N-methyl/N-ethyl adjacent to an activating group) is 1. The zero-order valence-corrected chi connectivity index (χ0v) is 11.4. The lowest BCUT2D eigenvalue weighted by molar-refractivity contribution is 0.205. The molecule has 0 saturated heterocycles. The van der Waals surface area contributed by atoms with E-state index < -0.39 is 0 Å². The number of nitrogen functional groups attached to an aromatic ring is 1. The lowest BCUT2D eigenvalue weighted by Crippen LogP contribution is -2.29. The van der Waals surface area contributed by atoms with Gasteiger partial charge in [0, 0.05) is 31.7 Å². The van der Waals surface area contributed by atoms with Crippen LogP contribution in [0.3, 0.4) is 0 Å². The molecule has 2 rings (SSSR count). The van der Waals surface area contributed by atoms with Crippen molar-refractivity contribution in [1.29, 1.82) is 0 Å². The largest absolute Gasteiger partial charge is 0.383 e. The Hall–Kier alpha value is -1.36. The van der Waals surface area contributed by atoms with Gasteiger partial charge in [0.2, 0.25) is 0 Å². The lowest BCUT2D eigenvalue weighted by Gasteiger charge is -2.24. The third-order valence-electron chi connectivity index (χ3n) is 3.36. The molecule has 100 valence electrons. The van der Waals surface area contributed by atoms with Gasteiger partial charge in [0.05, 0.1) is 6.61 Å². The van der Waals surface area contributed by atoms with Crippen LogP contribution in [0.4, 0.5) is 11.6 Å². The number of ether oxygens (including phenoxy) is 1. The van der Waals surface area contributed by atoms with E-state index in [1.54, 1.807) is 7.11 Å². The van der Waals surface area contributed by atoms with Gasteiger partial charge < -0.3 is 15.4 Å². The van der Waals surface area contributed by atoms with Gasteiger partial charge in [-0.05, 0) is 26.7 Å². The van der Waals surface area contributed by atoms with E-state index in [1.807, 2.05) is 6.92 Å². The Bertz CT molecular complexity index is 418. The van der Waals surface area contributed by atoms with Crippen LogP contribution >= 0.6 is 0 Å². The standard InChI is InChI=1S/C13H22N4O/c1-4-17(7-8-18-3)13-9(2)11(14)15-12(16-13)10-5-6-10/h10H,4-8H2,1-3H3,(H2,14,15,16). The van der Waals surface area contributed by atoms with Crippen LogP contribution in [0.25, 0.3) is 0 Å². The van der Waals surface area contributed by atoms with Gasteiger partial charge in [-0.1, -0.05) is 0 Å². The summed E-state index contributed by atoms with van der Waals surface area (Å²) in [5, 5.41) is 0. The highest BCUT2D eigenvalue weighted by Gasteiger charge is 2.28. The number of hydrogen-bond acceptors (Lipinski definition) is 5. The van der Waals surface area contributed by atoms with Crippen LogP contribution in [-0.2, 0) is 4.74 Å². The Morgan fingerprint density at radius 3 is 2.67 bits per heavy atom. The van der Waals surface area contributed by atoms with Crippen molar-refractivity contribution < 1.29 is 4.74 Å². The smallest absolute Gasteiger partial charge is 0.137 e. The molecule has 0 spiro atoms. The first-order valence-corrected chi connectivity index (χ1v) is 6.55. The fourth-order valence-corrected chi connectivity index (χ4v) is 1.99. The Labute approximate surface area is 108 Å². The van der Waals surface area contributed by atoms with E-state index in [4.69, 9.17) is 15.5 Å². The quantitative estimate of drug-likeness (QED) is 0.832. The predicted molar refractivity (Wildman–Crippen MR) is 72.9 cm³/mol. The van der Waals surface area contributed by atoms with Crippen LogP contribution in [0.1, 0.15) is 37.1 Å². The van der Waals surface area contributed by atoms with Crippen molar-refractivity contribution in [2.45, 2.75) is 32.6 Å². The maximum atomic E-state index is 6.00. The zero-order chi connectivity index (χ0) is 13.1. The van der Waals surface area contributed by atoms with E-state index >= 15 is 0 Å². The van der Waals surface area contributed by atoms with E-state index in [0.717, 1.165) is 30.3 Å². The molecule has 1 aliphatic carbocycles. The zero-order valence-electron chi connectivity index (χ0n) is 11.4. The molecule has 1 saturated carbocycles. The molecule has 1 aromatic heterocycles. The van der Waals surface area contributed by atoms with Crippen molar-refractivity contribution in [3.05, 3.63) is 11.4 Å². The number of aromatic nitrogens is 2. The average molecular weight is 250 g/mol. The number of nitrogens with zero attached hydrogens (tertiary/aromatic N) is 3. The van der Waals surface area contributed by atoms with Gasteiger partial charge in [0.15, 0.2) is 0 Å². The first-order valence-electron chi connectivity index (χ1n) is 6.55. The highest BCUT2D eigenvalue weighted by molar-refractivity contribution is 5.56. The predicted octanol–water partition coefficient (Wildman–Crippen LogP) is 1.72. The van der Waals surface area contributed by atoms with E-state index in [2.05, 4.69) is 16.8 Å². The number of anilines is 2. The highest BCUT2D eigenvalue weighted by atomic mass is 16.5. The molecule has 0 aromatic carbocycles. The molecule has 5 heteroatoms. The summed E-state index contributed by atoms with van der Waals surface area (Å²) in [6.07, 6.45) is 2.37. The van der Waals surface area contributed by atoms with Crippen LogP contribution in [-0.4, -0.2) is 36.8 Å². The van der Waals surface area contributed by atoms with Gasteiger partial charge in [0.25, 0.3) is 0 Å². The molecule has 0 amide bonds. The summed E-state index contributed by atoms with van der Waals surface area (Å²) in [5.74, 6) is 3.00. The van der Waals surface area contributed by atoms with Crippen molar-refractivity contribution >= 4 is 11.6 Å². The third kappa shape index (κ3) is 2.72. The highest BCUT2D eigenvalue weighted by Crippen LogP contribution is 2.39. The normalized spacial score (nSPS) is 14.8. The topological polar surface area (TPSA) is 64.3 Å². The Morgan fingerprint density at radius 2 is 2.11 bits per heavy atom. The number of methoxy groups -OCH3 is 1. The Balaban J connectivity index is 2.28. The summed E-state index contributed by atoms with van der Waals surface area (Å²) in [7, 11) is 1.71. The van der Waals surface area contributed by atoms with Gasteiger partial charge in [0.1, 0.15) is 17.5 Å². The average Bonchev–Trinajstić information content (AvgIpc) is 3.19. The van der Waals surface area contributed by atoms with Crippen LogP contribution < -0.4 is 10.6 Å². The summed E-state index contributed by atoms with van der Waals surface area (Å²) >= 11 is 0. The first-order chi connectivity index (χ1) is 8.67. The molecule has 5 nitrogen and oxygen atoms in total. The van der Waals surface area contributed by atoms with Crippen molar-refractivity contribution in [3.63, 3.8) is 0 Å². The van der Waals surface area contributed by atoms with Gasteiger partial charge >= 0.3 is 0 Å². The molecule has 0 unspecified atom stereocenters. The molecule has 0 radical (unpaired) electrons. The second-order valence-electron chi connectivity index (χ2n) is 4.76. The van der Waals surface area contributed by atoms with E-state index in [9.17, 15) is 0 Å². The Kier molecular flexibility index (Phi) is 4.01. The first kappa shape index (κ1) is 13.1. The molecule has 0 atom stereocenters. The molecular formula is C13H22N4O. The summed E-state index contributed by atoms with van der Waals surface area (Å²) in [4.78, 5) is 11.3. The maximum Gasteiger partial charge on any atom is 0.137 e. The van der Waals surface area contributed by atoms with Gasteiger partial charge in [-0.15, -0.1) is 0 Å². The summed E-state index contributed by atoms with van der Waals surface area (Å²) in [5.41, 5.74) is 6.97. The molecular weight excluding hydrogens is 228 g/mol. The van der Waals surface area contributed by atoms with Gasteiger partial charge in [-0.2, -0.15) is 0 Å². The summed E-state index contributed by atoms with van der Waals surface area (Å²) < 4.78 is 5.14. The van der Waals surface area contributed by atoms with Crippen molar-refractivity contribution in [3.8, 4) is 0 Å². The minimum Gasteiger partial charge on any atom is -0.383 e. The minimum atomic E-state index is 0.521. The molecule has 0 aliphatic heterocycles. The molecule has 2 N–H and O–H groups in total. The third-order valence-corrected chi connectivity index (χ3v) is 3.36. The molecule has 0 bridgehead atoms. The molecule has 1 heterocycles. The summed E-state index contributed by atoms with van der Waals surface area (Å²) in [6, 6.07) is 0. The van der Waals surface area contributed by atoms with E-state index in [0.29, 0.717) is 18.3 Å². The maximum absolute atomic E-state index is 6.00. The fraction of sp³-hybridized carbons (Fsp3) is 0.692. The fourth-order valence-electron chi connectivity index (χ4n) is 1.99. The van der Waals surface area contributed by atoms with Crippen LogP contribution in [0.5, 0.6) is 0 Å². The Morgan fingerprint density at radius 1 is 1.39 bits per heavy atom. The molecule has 18 heavy (non-hydrogen) atoms. The van der Waals surface area contributed by atoms with Gasteiger partial charge in [-0.25, -0.2) is 9.97 Å². The number of rotatable bonds is 6. The second-order valence-corrected chi connectivity index (χ2v) is 4.76. The molecule has 1 aliphatic rings. The van der Waals surface area contributed by atoms with Crippen molar-refractivity contribution in [2.75, 3.05) is 37.4 Å². The molecule has 1 aromatic rings. The minimum absolute atomic E-state index is 0.521. The number of nitrogens with two attached hydrogens (primary N) is 1. The van der Waals surface area contributed by atoms with Crippen molar-refractivity contribution in [1.82, 2.24) is 9.97 Å². The SMILES string of the molecule is CCN(CCOC)c1nc(C2CC2)nc(N)c1C. The van der Waals surface area contributed by atoms with Gasteiger partial charge in [-0.3, -0.25) is 0 Å².